The summed E-state index contributed by atoms with van der Waals surface area (Å²) in [6.45, 7) is 1.48. The lowest BCUT2D eigenvalue weighted by Crippen LogP contribution is -2.39. The molecule has 3 rings (SSSR count). The van der Waals surface area contributed by atoms with Gasteiger partial charge in [-0.25, -0.2) is 9.97 Å². The van der Waals surface area contributed by atoms with Crippen LogP contribution in [0.3, 0.4) is 0 Å². The second-order valence-corrected chi connectivity index (χ2v) is 6.23. The van der Waals surface area contributed by atoms with Gasteiger partial charge in [-0.15, -0.1) is 22.9 Å². The Hall–Kier alpha value is -1.73. The quantitative estimate of drug-likeness (QED) is 0.868. The number of carbonyl (C=O) groups is 1. The molecule has 1 amide bonds. The second-order valence-electron chi connectivity index (χ2n) is 5.11. The number of aromatic nitrogens is 3. The van der Waals surface area contributed by atoms with Gasteiger partial charge in [0.1, 0.15) is 5.88 Å². The standard InChI is InChI=1S/C14H16ClN5OS/c15-6-13(21)20-5-1-2-10(8-20)11-9-22-14(18-11)19-12-7-16-3-4-17-12/h3-4,7,9-10H,1-2,5-6,8H2,(H,17,18,19). The maximum absolute atomic E-state index is 11.7. The third kappa shape index (κ3) is 3.53. The van der Waals surface area contributed by atoms with Crippen LogP contribution in [-0.2, 0) is 4.79 Å². The molecule has 0 aromatic carbocycles. The molecule has 1 atom stereocenters. The van der Waals surface area contributed by atoms with Gasteiger partial charge in [0.05, 0.1) is 11.9 Å². The van der Waals surface area contributed by atoms with E-state index in [1.165, 1.54) is 11.3 Å². The summed E-state index contributed by atoms with van der Waals surface area (Å²) in [5, 5.41) is 5.97. The van der Waals surface area contributed by atoms with E-state index in [9.17, 15) is 4.79 Å². The molecule has 6 nitrogen and oxygen atoms in total. The van der Waals surface area contributed by atoms with Crippen LogP contribution in [0.25, 0.3) is 0 Å². The number of alkyl halides is 1. The van der Waals surface area contributed by atoms with Crippen molar-refractivity contribution in [3.05, 3.63) is 29.7 Å². The van der Waals surface area contributed by atoms with Crippen LogP contribution in [0.2, 0.25) is 0 Å². The van der Waals surface area contributed by atoms with E-state index in [-0.39, 0.29) is 17.7 Å². The first-order valence-electron chi connectivity index (χ1n) is 7.08. The maximum Gasteiger partial charge on any atom is 0.237 e. The van der Waals surface area contributed by atoms with Gasteiger partial charge >= 0.3 is 0 Å². The Morgan fingerprint density at radius 3 is 3.18 bits per heavy atom. The molecule has 2 aromatic rings. The number of rotatable bonds is 4. The van der Waals surface area contributed by atoms with Gasteiger partial charge in [-0.1, -0.05) is 0 Å². The third-order valence-electron chi connectivity index (χ3n) is 3.63. The van der Waals surface area contributed by atoms with Gasteiger partial charge in [0.2, 0.25) is 5.91 Å². The number of thiazole rings is 1. The summed E-state index contributed by atoms with van der Waals surface area (Å²) >= 11 is 7.18. The van der Waals surface area contributed by atoms with Gasteiger partial charge in [-0.3, -0.25) is 9.78 Å². The first-order valence-corrected chi connectivity index (χ1v) is 8.50. The van der Waals surface area contributed by atoms with Crippen LogP contribution in [-0.4, -0.2) is 44.7 Å². The fraction of sp³-hybridized carbons (Fsp3) is 0.429. The van der Waals surface area contributed by atoms with Gasteiger partial charge < -0.3 is 10.2 Å². The summed E-state index contributed by atoms with van der Waals surface area (Å²) in [7, 11) is 0. The highest BCUT2D eigenvalue weighted by molar-refractivity contribution is 7.13. The lowest BCUT2D eigenvalue weighted by atomic mass is 9.95. The summed E-state index contributed by atoms with van der Waals surface area (Å²) in [6, 6.07) is 0. The van der Waals surface area contributed by atoms with E-state index < -0.39 is 0 Å². The second kappa shape index (κ2) is 7.02. The van der Waals surface area contributed by atoms with Gasteiger partial charge in [0.15, 0.2) is 10.9 Å². The Bertz CT molecular complexity index is 635. The van der Waals surface area contributed by atoms with Crippen LogP contribution in [0, 0.1) is 0 Å². The monoisotopic (exact) mass is 337 g/mol. The first-order chi connectivity index (χ1) is 10.8. The number of carbonyl (C=O) groups excluding carboxylic acids is 1. The number of hydrogen-bond donors (Lipinski definition) is 1. The number of hydrogen-bond acceptors (Lipinski definition) is 6. The number of nitrogens with one attached hydrogen (secondary N) is 1. The number of likely N-dealkylation sites (tertiary alicyclic amines) is 1. The highest BCUT2D eigenvalue weighted by atomic mass is 35.5. The SMILES string of the molecule is O=C(CCl)N1CCCC(c2csc(Nc3cnccn3)n2)C1. The van der Waals surface area contributed by atoms with Crippen molar-refractivity contribution in [3.8, 4) is 0 Å². The summed E-state index contributed by atoms with van der Waals surface area (Å²) < 4.78 is 0. The minimum absolute atomic E-state index is 0.000459. The van der Waals surface area contributed by atoms with Gasteiger partial charge in [-0.2, -0.15) is 0 Å². The highest BCUT2D eigenvalue weighted by Crippen LogP contribution is 2.30. The van der Waals surface area contributed by atoms with E-state index in [1.807, 2.05) is 10.3 Å². The predicted molar refractivity (Wildman–Crippen MR) is 86.7 cm³/mol. The Balaban J connectivity index is 1.67. The molecule has 2 aromatic heterocycles. The normalized spacial score (nSPS) is 18.2. The largest absolute Gasteiger partial charge is 0.341 e. The van der Waals surface area contributed by atoms with Crippen molar-refractivity contribution >= 4 is 39.8 Å². The molecule has 1 aliphatic rings. The summed E-state index contributed by atoms with van der Waals surface area (Å²) in [6.07, 6.45) is 6.94. The fourth-order valence-corrected chi connectivity index (χ4v) is 3.50. The Labute approximate surface area is 137 Å². The van der Waals surface area contributed by atoms with Crippen molar-refractivity contribution in [1.29, 1.82) is 0 Å². The fourth-order valence-electron chi connectivity index (χ4n) is 2.53. The summed E-state index contributed by atoms with van der Waals surface area (Å²) in [5.74, 6) is 0.989. The molecule has 1 fully saturated rings. The van der Waals surface area contributed by atoms with Crippen molar-refractivity contribution in [2.24, 2.45) is 0 Å². The van der Waals surface area contributed by atoms with E-state index in [4.69, 9.17) is 11.6 Å². The smallest absolute Gasteiger partial charge is 0.237 e. The van der Waals surface area contributed by atoms with E-state index in [2.05, 4.69) is 20.3 Å². The van der Waals surface area contributed by atoms with Crippen LogP contribution in [0.15, 0.2) is 24.0 Å². The molecule has 0 saturated carbocycles. The van der Waals surface area contributed by atoms with Crippen molar-refractivity contribution in [3.63, 3.8) is 0 Å². The summed E-state index contributed by atoms with van der Waals surface area (Å²) in [4.78, 5) is 26.4. The average molecular weight is 338 g/mol. The molecule has 0 radical (unpaired) electrons. The van der Waals surface area contributed by atoms with Gasteiger partial charge in [-0.05, 0) is 12.8 Å². The lowest BCUT2D eigenvalue weighted by Gasteiger charge is -2.31. The third-order valence-corrected chi connectivity index (χ3v) is 4.63. The van der Waals surface area contributed by atoms with Crippen molar-refractivity contribution in [1.82, 2.24) is 19.9 Å². The van der Waals surface area contributed by atoms with E-state index in [0.29, 0.717) is 12.4 Å². The predicted octanol–water partition coefficient (Wildman–Crippen LogP) is 2.62. The average Bonchev–Trinajstić information content (AvgIpc) is 3.04. The van der Waals surface area contributed by atoms with E-state index >= 15 is 0 Å². The van der Waals surface area contributed by atoms with Crippen LogP contribution in [0.4, 0.5) is 10.9 Å². The zero-order valence-electron chi connectivity index (χ0n) is 11.9. The molecule has 1 unspecified atom stereocenters. The number of nitrogens with zero attached hydrogens (tertiary/aromatic N) is 4. The molecular weight excluding hydrogens is 322 g/mol. The van der Waals surface area contributed by atoms with Crippen LogP contribution < -0.4 is 5.32 Å². The number of amides is 1. The Morgan fingerprint density at radius 1 is 1.50 bits per heavy atom. The number of piperidine rings is 1. The molecule has 3 heterocycles. The molecule has 116 valence electrons. The molecule has 0 aliphatic carbocycles. The zero-order chi connectivity index (χ0) is 15.4. The highest BCUT2D eigenvalue weighted by Gasteiger charge is 2.25. The lowest BCUT2D eigenvalue weighted by molar-refractivity contribution is -0.129. The van der Waals surface area contributed by atoms with Crippen LogP contribution >= 0.6 is 22.9 Å². The molecule has 8 heteroatoms. The van der Waals surface area contributed by atoms with Crippen molar-refractivity contribution in [2.75, 3.05) is 24.3 Å². The summed E-state index contributed by atoms with van der Waals surface area (Å²) in [5.41, 5.74) is 1.02. The minimum atomic E-state index is -0.000459. The van der Waals surface area contributed by atoms with Crippen molar-refractivity contribution < 1.29 is 4.79 Å². The van der Waals surface area contributed by atoms with Crippen LogP contribution in [0.1, 0.15) is 24.5 Å². The first kappa shape index (κ1) is 15.2. The molecule has 1 aliphatic heterocycles. The molecular formula is C14H16ClN5OS. The molecule has 22 heavy (non-hydrogen) atoms. The van der Waals surface area contributed by atoms with Crippen molar-refractivity contribution in [2.45, 2.75) is 18.8 Å². The Kier molecular flexibility index (Phi) is 4.84. The number of anilines is 2. The zero-order valence-corrected chi connectivity index (χ0v) is 13.5. The van der Waals surface area contributed by atoms with E-state index in [1.54, 1.807) is 18.6 Å². The topological polar surface area (TPSA) is 71.0 Å². The number of halogens is 1. The van der Waals surface area contributed by atoms with Gasteiger partial charge in [0, 0.05) is 36.8 Å². The maximum atomic E-state index is 11.7. The molecule has 0 spiro atoms. The van der Waals surface area contributed by atoms with E-state index in [0.717, 1.165) is 30.2 Å². The molecule has 1 saturated heterocycles. The van der Waals surface area contributed by atoms with Gasteiger partial charge in [0.25, 0.3) is 0 Å². The molecule has 0 bridgehead atoms. The Morgan fingerprint density at radius 2 is 2.41 bits per heavy atom. The van der Waals surface area contributed by atoms with Crippen LogP contribution in [0.5, 0.6) is 0 Å². The molecule has 1 N–H and O–H groups in total. The minimum Gasteiger partial charge on any atom is -0.341 e.